The zero-order chi connectivity index (χ0) is 11.0. The first-order valence-electron chi connectivity index (χ1n) is 5.03. The molecule has 0 spiro atoms. The number of anilines is 1. The zero-order valence-electron chi connectivity index (χ0n) is 8.79. The summed E-state index contributed by atoms with van der Waals surface area (Å²) >= 11 is 5.92. The van der Waals surface area contributed by atoms with Crippen molar-refractivity contribution in [2.24, 2.45) is 5.92 Å². The second kappa shape index (κ2) is 3.87. The molecule has 2 nitrogen and oxygen atoms in total. The second-order valence-electron chi connectivity index (χ2n) is 4.08. The summed E-state index contributed by atoms with van der Waals surface area (Å²) in [5, 5.41) is 13.6. The summed E-state index contributed by atoms with van der Waals surface area (Å²) in [7, 11) is 0. The van der Waals surface area contributed by atoms with Crippen LogP contribution in [0.5, 0.6) is 0 Å². The topological polar surface area (TPSA) is 32.3 Å². The highest BCUT2D eigenvalue weighted by Gasteiger charge is 2.20. The maximum absolute atomic E-state index is 9.84. The average Bonchev–Trinajstić information content (AvgIpc) is 2.17. The van der Waals surface area contributed by atoms with Crippen molar-refractivity contribution < 1.29 is 5.11 Å². The standard InChI is InChI=1S/C12H14ClNO/c1-7(2)10-6-8-5-9(13)3-4-11(8)14-12(10)15/h3-7,12,14-15H,1-2H3. The molecule has 0 saturated carbocycles. The Bertz CT molecular complexity index is 412. The Labute approximate surface area is 94.6 Å². The van der Waals surface area contributed by atoms with Crippen LogP contribution in [-0.4, -0.2) is 11.3 Å². The smallest absolute Gasteiger partial charge is 0.147 e. The highest BCUT2D eigenvalue weighted by molar-refractivity contribution is 6.30. The lowest BCUT2D eigenvalue weighted by Gasteiger charge is -2.26. The maximum atomic E-state index is 9.84. The number of hydrogen-bond acceptors (Lipinski definition) is 2. The van der Waals surface area contributed by atoms with E-state index in [-0.39, 0.29) is 0 Å². The Morgan fingerprint density at radius 3 is 2.80 bits per heavy atom. The van der Waals surface area contributed by atoms with Gasteiger partial charge in [0.15, 0.2) is 0 Å². The first kappa shape index (κ1) is 10.5. The molecule has 1 aliphatic heterocycles. The van der Waals surface area contributed by atoms with Gasteiger partial charge in [0.1, 0.15) is 6.23 Å². The molecule has 0 fully saturated rings. The zero-order valence-corrected chi connectivity index (χ0v) is 9.55. The summed E-state index contributed by atoms with van der Waals surface area (Å²) in [6.45, 7) is 4.12. The normalized spacial score (nSPS) is 19.5. The fourth-order valence-corrected chi connectivity index (χ4v) is 1.94. The van der Waals surface area contributed by atoms with Crippen molar-refractivity contribution >= 4 is 23.4 Å². The van der Waals surface area contributed by atoms with Gasteiger partial charge in [-0.05, 0) is 41.3 Å². The van der Waals surface area contributed by atoms with Crippen LogP contribution in [0.4, 0.5) is 5.69 Å². The van der Waals surface area contributed by atoms with E-state index in [0.29, 0.717) is 10.9 Å². The number of benzene rings is 1. The van der Waals surface area contributed by atoms with Gasteiger partial charge >= 0.3 is 0 Å². The molecule has 1 aromatic carbocycles. The van der Waals surface area contributed by atoms with Gasteiger partial charge < -0.3 is 10.4 Å². The lowest BCUT2D eigenvalue weighted by atomic mass is 9.95. The monoisotopic (exact) mass is 223 g/mol. The highest BCUT2D eigenvalue weighted by atomic mass is 35.5. The van der Waals surface area contributed by atoms with Gasteiger partial charge in [-0.3, -0.25) is 0 Å². The Hall–Kier alpha value is -0.990. The number of fused-ring (bicyclic) bond motifs is 1. The molecule has 0 amide bonds. The van der Waals surface area contributed by atoms with Crippen molar-refractivity contribution in [3.05, 3.63) is 34.4 Å². The SMILES string of the molecule is CC(C)C1=Cc2cc(Cl)ccc2NC1O. The number of aliphatic hydroxyl groups excluding tert-OH is 1. The largest absolute Gasteiger partial charge is 0.370 e. The molecular weight excluding hydrogens is 210 g/mol. The van der Waals surface area contributed by atoms with E-state index in [0.717, 1.165) is 16.8 Å². The van der Waals surface area contributed by atoms with Gasteiger partial charge in [-0.2, -0.15) is 0 Å². The van der Waals surface area contributed by atoms with Gasteiger partial charge in [0.05, 0.1) is 0 Å². The first-order valence-corrected chi connectivity index (χ1v) is 5.41. The summed E-state index contributed by atoms with van der Waals surface area (Å²) in [5.74, 6) is 0.319. The molecular formula is C12H14ClNO. The molecule has 80 valence electrons. The Morgan fingerprint density at radius 2 is 2.13 bits per heavy atom. The van der Waals surface area contributed by atoms with Gasteiger partial charge in [-0.25, -0.2) is 0 Å². The van der Waals surface area contributed by atoms with Crippen LogP contribution in [0.15, 0.2) is 23.8 Å². The molecule has 0 aromatic heterocycles. The highest BCUT2D eigenvalue weighted by Crippen LogP contribution is 2.31. The summed E-state index contributed by atoms with van der Waals surface area (Å²) in [6.07, 6.45) is 1.42. The van der Waals surface area contributed by atoms with Crippen LogP contribution in [-0.2, 0) is 0 Å². The molecule has 0 radical (unpaired) electrons. The lowest BCUT2D eigenvalue weighted by molar-refractivity contribution is 0.228. The minimum atomic E-state index is -0.585. The van der Waals surface area contributed by atoms with Crippen molar-refractivity contribution in [2.75, 3.05) is 5.32 Å². The Balaban J connectivity index is 2.47. The quantitative estimate of drug-likeness (QED) is 0.767. The summed E-state index contributed by atoms with van der Waals surface area (Å²) in [4.78, 5) is 0. The minimum Gasteiger partial charge on any atom is -0.370 e. The van der Waals surface area contributed by atoms with Crippen LogP contribution in [0, 0.1) is 5.92 Å². The third-order valence-corrected chi connectivity index (χ3v) is 2.85. The van der Waals surface area contributed by atoms with E-state index in [1.807, 2.05) is 24.3 Å². The van der Waals surface area contributed by atoms with Crippen LogP contribution in [0.1, 0.15) is 19.4 Å². The van der Waals surface area contributed by atoms with E-state index in [4.69, 9.17) is 11.6 Å². The Kier molecular flexibility index (Phi) is 2.72. The van der Waals surface area contributed by atoms with E-state index in [1.165, 1.54) is 0 Å². The van der Waals surface area contributed by atoms with Gasteiger partial charge in [-0.1, -0.05) is 25.4 Å². The molecule has 1 atom stereocenters. The first-order chi connectivity index (χ1) is 7.08. The molecule has 0 saturated heterocycles. The van der Waals surface area contributed by atoms with E-state index in [2.05, 4.69) is 19.2 Å². The molecule has 0 bridgehead atoms. The summed E-state index contributed by atoms with van der Waals surface area (Å²) < 4.78 is 0. The van der Waals surface area contributed by atoms with E-state index in [1.54, 1.807) is 0 Å². The van der Waals surface area contributed by atoms with E-state index < -0.39 is 6.23 Å². The van der Waals surface area contributed by atoms with Crippen LogP contribution >= 0.6 is 11.6 Å². The van der Waals surface area contributed by atoms with Crippen molar-refractivity contribution in [1.82, 2.24) is 0 Å². The molecule has 1 aromatic rings. The molecule has 1 unspecified atom stereocenters. The van der Waals surface area contributed by atoms with Gasteiger partial charge in [0.25, 0.3) is 0 Å². The third-order valence-electron chi connectivity index (χ3n) is 2.61. The predicted octanol–water partition coefficient (Wildman–Crippen LogP) is 3.12. The molecule has 15 heavy (non-hydrogen) atoms. The molecule has 2 rings (SSSR count). The predicted molar refractivity (Wildman–Crippen MR) is 63.9 cm³/mol. The van der Waals surface area contributed by atoms with Crippen molar-refractivity contribution in [2.45, 2.75) is 20.1 Å². The average molecular weight is 224 g/mol. The Morgan fingerprint density at radius 1 is 1.40 bits per heavy atom. The van der Waals surface area contributed by atoms with E-state index >= 15 is 0 Å². The van der Waals surface area contributed by atoms with E-state index in [9.17, 15) is 5.11 Å². The van der Waals surface area contributed by atoms with Crippen molar-refractivity contribution in [1.29, 1.82) is 0 Å². The number of rotatable bonds is 1. The van der Waals surface area contributed by atoms with Crippen molar-refractivity contribution in [3.63, 3.8) is 0 Å². The second-order valence-corrected chi connectivity index (χ2v) is 4.51. The van der Waals surface area contributed by atoms with Gasteiger partial charge in [0.2, 0.25) is 0 Å². The van der Waals surface area contributed by atoms with Crippen LogP contribution in [0.3, 0.4) is 0 Å². The molecule has 1 aliphatic rings. The van der Waals surface area contributed by atoms with Gasteiger partial charge in [0, 0.05) is 10.7 Å². The maximum Gasteiger partial charge on any atom is 0.147 e. The third kappa shape index (κ3) is 2.01. The summed E-state index contributed by atoms with van der Waals surface area (Å²) in [6, 6.07) is 5.60. The molecule has 0 aliphatic carbocycles. The number of hydrogen-bond donors (Lipinski definition) is 2. The molecule has 1 heterocycles. The van der Waals surface area contributed by atoms with Crippen LogP contribution in [0.25, 0.3) is 6.08 Å². The number of aliphatic hydroxyl groups is 1. The van der Waals surface area contributed by atoms with Crippen LogP contribution in [0.2, 0.25) is 5.02 Å². The van der Waals surface area contributed by atoms with Crippen molar-refractivity contribution in [3.8, 4) is 0 Å². The number of halogens is 1. The fraction of sp³-hybridized carbons (Fsp3) is 0.333. The molecule has 3 heteroatoms. The minimum absolute atomic E-state index is 0.319. The number of nitrogens with one attached hydrogen (secondary N) is 1. The summed E-state index contributed by atoms with van der Waals surface area (Å²) in [5.41, 5.74) is 2.96. The fourth-order valence-electron chi connectivity index (χ4n) is 1.76. The van der Waals surface area contributed by atoms with Gasteiger partial charge in [-0.15, -0.1) is 0 Å². The lowest BCUT2D eigenvalue weighted by Crippen LogP contribution is -2.27. The van der Waals surface area contributed by atoms with Crippen LogP contribution < -0.4 is 5.32 Å². The molecule has 2 N–H and O–H groups in total.